The van der Waals surface area contributed by atoms with Gasteiger partial charge >= 0.3 is 0 Å². The monoisotopic (exact) mass is 722 g/mol. The van der Waals surface area contributed by atoms with E-state index in [1.807, 2.05) is 0 Å². The number of aliphatic hydroxyl groups excluding tert-OH is 4. The van der Waals surface area contributed by atoms with Crippen LogP contribution in [0.25, 0.3) is 0 Å². The summed E-state index contributed by atoms with van der Waals surface area (Å²) < 4.78 is 0. The molecule has 0 aromatic heterocycles. The van der Waals surface area contributed by atoms with Gasteiger partial charge in [0.1, 0.15) is 12.2 Å². The maximum atomic E-state index is 12.5. The maximum Gasteiger partial charge on any atom is 0.249 e. The number of carbonyl (C=O) groups excluding carboxylic acids is 1. The summed E-state index contributed by atoms with van der Waals surface area (Å²) in [5.74, 6) is -0.598. The Morgan fingerprint density at radius 3 is 1.18 bits per heavy atom. The van der Waals surface area contributed by atoms with Gasteiger partial charge in [-0.1, -0.05) is 186 Å². The molecule has 0 aliphatic carbocycles. The van der Waals surface area contributed by atoms with Gasteiger partial charge in [-0.15, -0.1) is 0 Å². The van der Waals surface area contributed by atoms with Crippen LogP contribution in [0.5, 0.6) is 0 Å². The molecule has 0 spiro atoms. The Kier molecular flexibility index (Phi) is 39.0. The van der Waals surface area contributed by atoms with Crippen LogP contribution in [0.3, 0.4) is 0 Å². The summed E-state index contributed by atoms with van der Waals surface area (Å²) in [5, 5.41) is 43.6. The normalized spacial score (nSPS) is 14.4. The highest BCUT2D eigenvalue weighted by atomic mass is 16.3. The molecule has 0 heterocycles. The van der Waals surface area contributed by atoms with E-state index in [4.69, 9.17) is 0 Å². The van der Waals surface area contributed by atoms with Gasteiger partial charge in [-0.3, -0.25) is 4.79 Å². The number of aliphatic hydroxyl groups is 4. The standard InChI is InChI=1S/C45H87NO5/c1-3-5-7-9-11-13-15-17-19-20-21-22-23-24-25-27-29-31-33-35-37-39-43(49)45(51)46-41(40-47)44(50)42(48)38-36-34-32-30-28-26-18-16-14-12-10-8-6-4-2/h23-24,30,32,41-44,47-50H,3-22,25-29,31,33-40H2,1-2H3,(H,46,51)/b24-23-,32-30+. The second-order valence-corrected chi connectivity index (χ2v) is 15.4. The topological polar surface area (TPSA) is 110 Å². The van der Waals surface area contributed by atoms with Crippen LogP contribution in [-0.4, -0.2) is 57.3 Å². The Morgan fingerprint density at radius 2 is 0.804 bits per heavy atom. The van der Waals surface area contributed by atoms with Crippen molar-refractivity contribution >= 4 is 5.91 Å². The molecule has 51 heavy (non-hydrogen) atoms. The van der Waals surface area contributed by atoms with Gasteiger partial charge in [0.2, 0.25) is 5.91 Å². The highest BCUT2D eigenvalue weighted by Crippen LogP contribution is 2.15. The van der Waals surface area contributed by atoms with Crippen LogP contribution >= 0.6 is 0 Å². The third-order valence-corrected chi connectivity index (χ3v) is 10.4. The van der Waals surface area contributed by atoms with Gasteiger partial charge in [0.25, 0.3) is 0 Å². The predicted molar refractivity (Wildman–Crippen MR) is 219 cm³/mol. The molecule has 0 saturated heterocycles. The Labute approximate surface area is 316 Å². The minimum absolute atomic E-state index is 0.357. The molecule has 0 bridgehead atoms. The van der Waals surface area contributed by atoms with Crippen molar-refractivity contribution in [2.75, 3.05) is 6.61 Å². The summed E-state index contributed by atoms with van der Waals surface area (Å²) in [7, 11) is 0. The molecule has 0 aromatic rings. The number of rotatable bonds is 40. The van der Waals surface area contributed by atoms with E-state index in [9.17, 15) is 25.2 Å². The number of nitrogens with one attached hydrogen (secondary N) is 1. The Bertz CT molecular complexity index is 772. The van der Waals surface area contributed by atoms with E-state index in [2.05, 4.69) is 43.5 Å². The van der Waals surface area contributed by atoms with Gasteiger partial charge < -0.3 is 25.7 Å². The van der Waals surface area contributed by atoms with Crippen LogP contribution in [0.1, 0.15) is 226 Å². The van der Waals surface area contributed by atoms with Gasteiger partial charge in [0.15, 0.2) is 0 Å². The van der Waals surface area contributed by atoms with E-state index < -0.39 is 36.9 Å². The molecule has 0 aliphatic rings. The highest BCUT2D eigenvalue weighted by Gasteiger charge is 2.28. The van der Waals surface area contributed by atoms with E-state index in [-0.39, 0.29) is 0 Å². The Morgan fingerprint density at radius 1 is 0.471 bits per heavy atom. The van der Waals surface area contributed by atoms with Gasteiger partial charge in [0.05, 0.1) is 18.8 Å². The lowest BCUT2D eigenvalue weighted by Gasteiger charge is -2.27. The first kappa shape index (κ1) is 49.8. The lowest BCUT2D eigenvalue weighted by molar-refractivity contribution is -0.132. The molecule has 302 valence electrons. The second-order valence-electron chi connectivity index (χ2n) is 15.4. The zero-order chi connectivity index (χ0) is 37.5. The molecule has 5 N–H and O–H groups in total. The van der Waals surface area contributed by atoms with E-state index in [0.717, 1.165) is 44.9 Å². The zero-order valence-corrected chi connectivity index (χ0v) is 33.9. The molecule has 0 saturated carbocycles. The number of unbranched alkanes of at least 4 members (excludes halogenated alkanes) is 27. The van der Waals surface area contributed by atoms with Crippen molar-refractivity contribution in [2.45, 2.75) is 250 Å². The molecule has 0 aliphatic heterocycles. The molecule has 4 unspecified atom stereocenters. The summed E-state index contributed by atoms with van der Waals surface area (Å²) in [6.45, 7) is 4.04. The SMILES string of the molecule is CCCCCCCCCCC/C=C/CCCC(O)C(O)C(CO)NC(=O)C(O)CCCCCCCC/C=C\CCCCCCCCCCCCC. The summed E-state index contributed by atoms with van der Waals surface area (Å²) in [5.41, 5.74) is 0. The van der Waals surface area contributed by atoms with Crippen LogP contribution in [0.15, 0.2) is 24.3 Å². The summed E-state index contributed by atoms with van der Waals surface area (Å²) in [6, 6.07) is -1.00. The fourth-order valence-electron chi connectivity index (χ4n) is 6.81. The average molecular weight is 722 g/mol. The van der Waals surface area contributed by atoms with E-state index in [1.165, 1.54) is 154 Å². The number of allylic oxidation sites excluding steroid dienone is 4. The average Bonchev–Trinajstić information content (AvgIpc) is 3.13. The number of hydrogen-bond acceptors (Lipinski definition) is 5. The van der Waals surface area contributed by atoms with Crippen molar-refractivity contribution in [1.29, 1.82) is 0 Å². The molecule has 0 aromatic carbocycles. The molecule has 6 heteroatoms. The van der Waals surface area contributed by atoms with E-state index in [0.29, 0.717) is 12.8 Å². The number of amides is 1. The van der Waals surface area contributed by atoms with Crippen LogP contribution in [0, 0.1) is 0 Å². The molecule has 6 nitrogen and oxygen atoms in total. The van der Waals surface area contributed by atoms with Crippen LogP contribution in [-0.2, 0) is 4.79 Å². The predicted octanol–water partition coefficient (Wildman–Crippen LogP) is 11.6. The van der Waals surface area contributed by atoms with Crippen molar-refractivity contribution in [3.63, 3.8) is 0 Å². The first-order valence-electron chi connectivity index (χ1n) is 22.2. The number of carbonyl (C=O) groups is 1. The minimum atomic E-state index is -1.28. The molecule has 0 radical (unpaired) electrons. The molecule has 1 amide bonds. The molecule has 4 atom stereocenters. The van der Waals surface area contributed by atoms with Crippen LogP contribution in [0.2, 0.25) is 0 Å². The van der Waals surface area contributed by atoms with E-state index in [1.54, 1.807) is 0 Å². The third-order valence-electron chi connectivity index (χ3n) is 10.4. The maximum absolute atomic E-state index is 12.5. The van der Waals surface area contributed by atoms with Gasteiger partial charge in [-0.25, -0.2) is 0 Å². The lowest BCUT2D eigenvalue weighted by Crippen LogP contribution is -2.53. The Hall–Kier alpha value is -1.21. The van der Waals surface area contributed by atoms with Gasteiger partial charge in [-0.05, 0) is 64.2 Å². The van der Waals surface area contributed by atoms with Crippen molar-refractivity contribution in [3.8, 4) is 0 Å². The second kappa shape index (κ2) is 40.0. The van der Waals surface area contributed by atoms with Crippen molar-refractivity contribution < 1.29 is 25.2 Å². The summed E-state index contributed by atoms with van der Waals surface area (Å²) >= 11 is 0. The molecular formula is C45H87NO5. The van der Waals surface area contributed by atoms with Gasteiger partial charge in [-0.2, -0.15) is 0 Å². The smallest absolute Gasteiger partial charge is 0.249 e. The third kappa shape index (κ3) is 34.3. The minimum Gasteiger partial charge on any atom is -0.394 e. The fourth-order valence-corrected chi connectivity index (χ4v) is 6.81. The fraction of sp³-hybridized carbons (Fsp3) is 0.889. The van der Waals surface area contributed by atoms with Crippen LogP contribution < -0.4 is 5.32 Å². The molecular weight excluding hydrogens is 634 g/mol. The van der Waals surface area contributed by atoms with Crippen molar-refractivity contribution in [2.24, 2.45) is 0 Å². The van der Waals surface area contributed by atoms with Gasteiger partial charge in [0, 0.05) is 0 Å². The van der Waals surface area contributed by atoms with E-state index >= 15 is 0 Å². The summed E-state index contributed by atoms with van der Waals surface area (Å²) in [4.78, 5) is 12.5. The first-order valence-corrected chi connectivity index (χ1v) is 22.2. The Balaban J connectivity index is 3.76. The first-order chi connectivity index (χ1) is 25.0. The quantitative estimate of drug-likeness (QED) is 0.0320. The van der Waals surface area contributed by atoms with Crippen LogP contribution in [0.4, 0.5) is 0 Å². The van der Waals surface area contributed by atoms with Crippen molar-refractivity contribution in [3.05, 3.63) is 24.3 Å². The van der Waals surface area contributed by atoms with Crippen molar-refractivity contribution in [1.82, 2.24) is 5.32 Å². The largest absolute Gasteiger partial charge is 0.394 e. The molecule has 0 rings (SSSR count). The lowest BCUT2D eigenvalue weighted by atomic mass is 10.00. The highest BCUT2D eigenvalue weighted by molar-refractivity contribution is 5.80. The summed E-state index contributed by atoms with van der Waals surface area (Å²) in [6.07, 6.45) is 45.0. The number of hydrogen-bond donors (Lipinski definition) is 5. The zero-order valence-electron chi connectivity index (χ0n) is 33.9. The molecule has 0 fully saturated rings.